The number of carboxylic acids is 1. The lowest BCUT2D eigenvalue weighted by atomic mass is 10.2. The zero-order chi connectivity index (χ0) is 13.0. The Bertz CT molecular complexity index is 446. The van der Waals surface area contributed by atoms with Crippen LogP contribution in [0, 0.1) is 5.82 Å². The Morgan fingerprint density at radius 2 is 2.00 bits per heavy atom. The molecule has 0 atom stereocenters. The Labute approximate surface area is 97.6 Å². The minimum atomic E-state index is -1.23. The maximum atomic E-state index is 13.0. The maximum Gasteiger partial charge on any atom is 0.337 e. The normalized spacial score (nSPS) is 10.1. The van der Waals surface area contributed by atoms with E-state index in [2.05, 4.69) is 10.6 Å². The number of aromatic carboxylic acids is 1. The fourth-order valence-electron chi connectivity index (χ4n) is 1.23. The highest BCUT2D eigenvalue weighted by atomic mass is 19.1. The Morgan fingerprint density at radius 1 is 1.35 bits per heavy atom. The number of rotatable bonds is 3. The molecule has 0 saturated carbocycles. The number of hydrogen-bond acceptors (Lipinski definition) is 2. The van der Waals surface area contributed by atoms with Crippen molar-refractivity contribution in [2.45, 2.75) is 19.9 Å². The van der Waals surface area contributed by atoms with E-state index in [1.54, 1.807) is 13.8 Å². The molecule has 0 unspecified atom stereocenters. The van der Waals surface area contributed by atoms with Crippen LogP contribution in [0.4, 0.5) is 14.9 Å². The summed E-state index contributed by atoms with van der Waals surface area (Å²) in [7, 11) is 0. The predicted molar refractivity (Wildman–Crippen MR) is 60.6 cm³/mol. The van der Waals surface area contributed by atoms with Crippen LogP contribution in [0.2, 0.25) is 0 Å². The van der Waals surface area contributed by atoms with Gasteiger partial charge in [-0.1, -0.05) is 0 Å². The zero-order valence-electron chi connectivity index (χ0n) is 9.45. The first-order valence-electron chi connectivity index (χ1n) is 5.00. The van der Waals surface area contributed by atoms with Crippen molar-refractivity contribution < 1.29 is 19.1 Å². The first kappa shape index (κ1) is 13.0. The van der Waals surface area contributed by atoms with E-state index < -0.39 is 17.8 Å². The molecule has 0 aliphatic rings. The SMILES string of the molecule is CC(C)NC(=O)Nc1cc(F)ccc1C(=O)O. The minimum Gasteiger partial charge on any atom is -0.478 e. The average molecular weight is 240 g/mol. The first-order chi connectivity index (χ1) is 7.90. The van der Waals surface area contributed by atoms with E-state index in [-0.39, 0.29) is 17.3 Å². The van der Waals surface area contributed by atoms with Crippen LogP contribution in [0.3, 0.4) is 0 Å². The van der Waals surface area contributed by atoms with Crippen LogP contribution in [-0.4, -0.2) is 23.1 Å². The molecule has 0 aliphatic carbocycles. The number of urea groups is 1. The van der Waals surface area contributed by atoms with Gasteiger partial charge in [0.15, 0.2) is 0 Å². The molecule has 92 valence electrons. The van der Waals surface area contributed by atoms with Crippen molar-refractivity contribution in [2.75, 3.05) is 5.32 Å². The molecule has 17 heavy (non-hydrogen) atoms. The molecule has 0 fully saturated rings. The van der Waals surface area contributed by atoms with Crippen LogP contribution in [0.25, 0.3) is 0 Å². The number of nitrogens with one attached hydrogen (secondary N) is 2. The number of hydrogen-bond donors (Lipinski definition) is 3. The van der Waals surface area contributed by atoms with Crippen molar-refractivity contribution in [1.29, 1.82) is 0 Å². The van der Waals surface area contributed by atoms with Gasteiger partial charge in [0, 0.05) is 6.04 Å². The third kappa shape index (κ3) is 3.75. The summed E-state index contributed by atoms with van der Waals surface area (Å²) in [5.41, 5.74) is -0.235. The van der Waals surface area contributed by atoms with E-state index in [9.17, 15) is 14.0 Å². The molecule has 0 saturated heterocycles. The summed E-state index contributed by atoms with van der Waals surface area (Å²) in [6, 6.07) is 2.41. The second-order valence-electron chi connectivity index (χ2n) is 3.75. The third-order valence-electron chi connectivity index (χ3n) is 1.88. The second-order valence-corrected chi connectivity index (χ2v) is 3.75. The monoisotopic (exact) mass is 240 g/mol. The molecule has 6 heteroatoms. The van der Waals surface area contributed by atoms with Crippen LogP contribution < -0.4 is 10.6 Å². The van der Waals surface area contributed by atoms with E-state index in [0.717, 1.165) is 18.2 Å². The van der Waals surface area contributed by atoms with Gasteiger partial charge in [-0.3, -0.25) is 0 Å². The minimum absolute atomic E-state index is 0.0735. The zero-order valence-corrected chi connectivity index (χ0v) is 9.45. The number of halogens is 1. The lowest BCUT2D eigenvalue weighted by molar-refractivity contribution is 0.0698. The Kier molecular flexibility index (Phi) is 4.03. The number of carbonyl (C=O) groups is 2. The Balaban J connectivity index is 2.92. The molecule has 0 spiro atoms. The summed E-state index contributed by atoms with van der Waals surface area (Å²) in [6.45, 7) is 3.51. The molecular weight excluding hydrogens is 227 g/mol. The second kappa shape index (κ2) is 5.29. The number of amides is 2. The summed E-state index contributed by atoms with van der Waals surface area (Å²) < 4.78 is 13.0. The molecule has 3 N–H and O–H groups in total. The number of anilines is 1. The largest absolute Gasteiger partial charge is 0.478 e. The van der Waals surface area contributed by atoms with E-state index >= 15 is 0 Å². The van der Waals surface area contributed by atoms with Crippen LogP contribution >= 0.6 is 0 Å². The topological polar surface area (TPSA) is 78.4 Å². The van der Waals surface area contributed by atoms with E-state index in [0.29, 0.717) is 0 Å². The molecule has 1 aromatic carbocycles. The highest BCUT2D eigenvalue weighted by Crippen LogP contribution is 2.17. The van der Waals surface area contributed by atoms with Gasteiger partial charge in [-0.25, -0.2) is 14.0 Å². The van der Waals surface area contributed by atoms with Crippen LogP contribution in [0.15, 0.2) is 18.2 Å². The van der Waals surface area contributed by atoms with Crippen LogP contribution in [-0.2, 0) is 0 Å². The summed E-state index contributed by atoms with van der Waals surface area (Å²) in [6.07, 6.45) is 0. The summed E-state index contributed by atoms with van der Waals surface area (Å²) in [5, 5.41) is 13.7. The van der Waals surface area contributed by atoms with Crippen LogP contribution in [0.5, 0.6) is 0 Å². The summed E-state index contributed by atoms with van der Waals surface area (Å²) in [5.74, 6) is -1.85. The van der Waals surface area contributed by atoms with E-state index in [1.165, 1.54) is 0 Å². The van der Waals surface area contributed by atoms with Gasteiger partial charge >= 0.3 is 12.0 Å². The number of benzene rings is 1. The smallest absolute Gasteiger partial charge is 0.337 e. The van der Waals surface area contributed by atoms with Crippen molar-refractivity contribution in [3.8, 4) is 0 Å². The molecule has 5 nitrogen and oxygen atoms in total. The Hall–Kier alpha value is -2.11. The summed E-state index contributed by atoms with van der Waals surface area (Å²) >= 11 is 0. The van der Waals surface area contributed by atoms with Crippen molar-refractivity contribution in [2.24, 2.45) is 0 Å². The van der Waals surface area contributed by atoms with Crippen molar-refractivity contribution in [3.63, 3.8) is 0 Å². The molecular formula is C11H13FN2O3. The van der Waals surface area contributed by atoms with Gasteiger partial charge in [0.05, 0.1) is 11.3 Å². The Morgan fingerprint density at radius 3 is 2.53 bits per heavy atom. The highest BCUT2D eigenvalue weighted by molar-refractivity contribution is 6.00. The van der Waals surface area contributed by atoms with Gasteiger partial charge in [-0.2, -0.15) is 0 Å². The van der Waals surface area contributed by atoms with Crippen molar-refractivity contribution >= 4 is 17.7 Å². The van der Waals surface area contributed by atoms with Crippen molar-refractivity contribution in [3.05, 3.63) is 29.6 Å². The van der Waals surface area contributed by atoms with Gasteiger partial charge < -0.3 is 15.7 Å². The fraction of sp³-hybridized carbons (Fsp3) is 0.273. The standard InChI is InChI=1S/C11H13FN2O3/c1-6(2)13-11(17)14-9-5-7(12)3-4-8(9)10(15)16/h3-6H,1-2H3,(H,15,16)(H2,13,14,17). The maximum absolute atomic E-state index is 13.0. The lowest BCUT2D eigenvalue weighted by Gasteiger charge is -2.11. The van der Waals surface area contributed by atoms with Crippen molar-refractivity contribution in [1.82, 2.24) is 5.32 Å². The molecule has 1 rings (SSSR count). The molecule has 2 amide bonds. The van der Waals surface area contributed by atoms with Gasteiger partial charge in [-0.15, -0.1) is 0 Å². The number of carbonyl (C=O) groups excluding carboxylic acids is 1. The average Bonchev–Trinajstić information content (AvgIpc) is 2.15. The van der Waals surface area contributed by atoms with Gasteiger partial charge in [0.1, 0.15) is 5.82 Å². The molecule has 0 aromatic heterocycles. The van der Waals surface area contributed by atoms with Gasteiger partial charge in [-0.05, 0) is 32.0 Å². The van der Waals surface area contributed by atoms with E-state index in [4.69, 9.17) is 5.11 Å². The fourth-order valence-corrected chi connectivity index (χ4v) is 1.23. The van der Waals surface area contributed by atoms with Gasteiger partial charge in [0.25, 0.3) is 0 Å². The summed E-state index contributed by atoms with van der Waals surface area (Å²) in [4.78, 5) is 22.2. The molecule has 0 heterocycles. The quantitative estimate of drug-likeness (QED) is 0.756. The molecule has 0 aliphatic heterocycles. The predicted octanol–water partition coefficient (Wildman–Crippen LogP) is 2.05. The molecule has 0 bridgehead atoms. The molecule has 0 radical (unpaired) electrons. The lowest BCUT2D eigenvalue weighted by Crippen LogP contribution is -2.34. The highest BCUT2D eigenvalue weighted by Gasteiger charge is 2.13. The first-order valence-corrected chi connectivity index (χ1v) is 5.00. The van der Waals surface area contributed by atoms with Gasteiger partial charge in [0.2, 0.25) is 0 Å². The van der Waals surface area contributed by atoms with E-state index in [1.807, 2.05) is 0 Å². The van der Waals surface area contributed by atoms with Crippen LogP contribution in [0.1, 0.15) is 24.2 Å². The number of carboxylic acid groups (broad SMARTS) is 1. The molecule has 1 aromatic rings. The third-order valence-corrected chi connectivity index (χ3v) is 1.88.